The Bertz CT molecular complexity index is 728. The lowest BCUT2D eigenvalue weighted by atomic mass is 10.1. The number of rotatable bonds is 3. The largest absolute Gasteiger partial charge is 0.322 e. The highest BCUT2D eigenvalue weighted by Crippen LogP contribution is 2.24. The van der Waals surface area contributed by atoms with Gasteiger partial charge in [-0.2, -0.15) is 0 Å². The lowest BCUT2D eigenvalue weighted by molar-refractivity contribution is -0.111. The van der Waals surface area contributed by atoms with E-state index in [0.717, 1.165) is 22.4 Å². The molecule has 0 aromatic heterocycles. The van der Waals surface area contributed by atoms with E-state index < -0.39 is 0 Å². The molecule has 0 atom stereocenters. The van der Waals surface area contributed by atoms with Gasteiger partial charge in [-0.25, -0.2) is 0 Å². The summed E-state index contributed by atoms with van der Waals surface area (Å²) < 4.78 is 0. The Morgan fingerprint density at radius 3 is 2.23 bits per heavy atom. The van der Waals surface area contributed by atoms with Crippen molar-refractivity contribution in [2.24, 2.45) is 0 Å². The topological polar surface area (TPSA) is 29.1 Å². The fourth-order valence-corrected chi connectivity index (χ4v) is 2.64. The van der Waals surface area contributed by atoms with Crippen molar-refractivity contribution < 1.29 is 4.79 Å². The second-order valence-electron chi connectivity index (χ2n) is 5.27. The molecule has 0 radical (unpaired) electrons. The number of hydrogen-bond acceptors (Lipinski definition) is 1. The SMILES string of the molecule is Cc1cc(C)c(NC(=O)C=Cc2ccc(Cl)c(Cl)c2)c(C)c1. The van der Waals surface area contributed by atoms with Crippen molar-refractivity contribution in [3.8, 4) is 0 Å². The van der Waals surface area contributed by atoms with E-state index in [4.69, 9.17) is 23.2 Å². The third-order valence-corrected chi connectivity index (χ3v) is 4.04. The standard InChI is InChI=1S/C18H17Cl2NO/c1-11-8-12(2)18(13(3)9-11)21-17(22)7-5-14-4-6-15(19)16(20)10-14/h4-10H,1-3H3,(H,21,22). The van der Waals surface area contributed by atoms with Gasteiger partial charge in [0.25, 0.3) is 0 Å². The third kappa shape index (κ3) is 4.12. The van der Waals surface area contributed by atoms with Crippen LogP contribution in [0, 0.1) is 20.8 Å². The van der Waals surface area contributed by atoms with Gasteiger partial charge in [0.2, 0.25) is 5.91 Å². The minimum Gasteiger partial charge on any atom is -0.322 e. The van der Waals surface area contributed by atoms with E-state index in [-0.39, 0.29) is 5.91 Å². The Kier molecular flexibility index (Phi) is 5.28. The van der Waals surface area contributed by atoms with Crippen LogP contribution in [0.3, 0.4) is 0 Å². The van der Waals surface area contributed by atoms with Gasteiger partial charge >= 0.3 is 0 Å². The minimum absolute atomic E-state index is 0.180. The van der Waals surface area contributed by atoms with E-state index in [2.05, 4.69) is 5.32 Å². The van der Waals surface area contributed by atoms with Gasteiger partial charge in [-0.15, -0.1) is 0 Å². The monoisotopic (exact) mass is 333 g/mol. The van der Waals surface area contributed by atoms with Crippen molar-refractivity contribution in [2.45, 2.75) is 20.8 Å². The molecule has 1 amide bonds. The van der Waals surface area contributed by atoms with Crippen LogP contribution in [0.4, 0.5) is 5.69 Å². The lowest BCUT2D eigenvalue weighted by Crippen LogP contribution is -2.10. The number of halogens is 2. The van der Waals surface area contributed by atoms with E-state index >= 15 is 0 Å². The number of carbonyl (C=O) groups is 1. The summed E-state index contributed by atoms with van der Waals surface area (Å²) in [7, 11) is 0. The molecule has 0 aliphatic heterocycles. The molecular weight excluding hydrogens is 317 g/mol. The van der Waals surface area contributed by atoms with E-state index in [1.807, 2.05) is 32.9 Å². The maximum absolute atomic E-state index is 12.1. The first-order chi connectivity index (χ1) is 10.4. The zero-order valence-corrected chi connectivity index (χ0v) is 14.2. The Morgan fingerprint density at radius 1 is 1.00 bits per heavy atom. The van der Waals surface area contributed by atoms with Crippen molar-refractivity contribution in [1.82, 2.24) is 0 Å². The van der Waals surface area contributed by atoms with Gasteiger partial charge in [0.05, 0.1) is 10.0 Å². The number of benzene rings is 2. The third-order valence-electron chi connectivity index (χ3n) is 3.30. The van der Waals surface area contributed by atoms with Gasteiger partial charge in [-0.05, 0) is 55.7 Å². The Morgan fingerprint density at radius 2 is 1.64 bits per heavy atom. The van der Waals surface area contributed by atoms with Crippen LogP contribution in [0.5, 0.6) is 0 Å². The van der Waals surface area contributed by atoms with Crippen molar-refractivity contribution in [2.75, 3.05) is 5.32 Å². The minimum atomic E-state index is -0.180. The lowest BCUT2D eigenvalue weighted by Gasteiger charge is -2.11. The van der Waals surface area contributed by atoms with E-state index in [0.29, 0.717) is 10.0 Å². The molecule has 0 fully saturated rings. The number of carbonyl (C=O) groups excluding carboxylic acids is 1. The number of nitrogens with one attached hydrogen (secondary N) is 1. The summed E-state index contributed by atoms with van der Waals surface area (Å²) in [4.78, 5) is 12.1. The molecule has 0 saturated heterocycles. The quantitative estimate of drug-likeness (QED) is 0.731. The summed E-state index contributed by atoms with van der Waals surface area (Å²) >= 11 is 11.8. The maximum Gasteiger partial charge on any atom is 0.248 e. The number of amides is 1. The summed E-state index contributed by atoms with van der Waals surface area (Å²) in [5.74, 6) is -0.180. The van der Waals surface area contributed by atoms with Crippen LogP contribution >= 0.6 is 23.2 Å². The van der Waals surface area contributed by atoms with Crippen LogP contribution in [0.2, 0.25) is 10.0 Å². The van der Waals surface area contributed by atoms with Crippen molar-refractivity contribution >= 4 is 40.9 Å². The molecule has 2 nitrogen and oxygen atoms in total. The maximum atomic E-state index is 12.1. The second-order valence-corrected chi connectivity index (χ2v) is 6.08. The highest BCUT2D eigenvalue weighted by Gasteiger charge is 2.06. The summed E-state index contributed by atoms with van der Waals surface area (Å²) in [5.41, 5.74) is 4.96. The van der Waals surface area contributed by atoms with Crippen LogP contribution < -0.4 is 5.32 Å². The normalized spacial score (nSPS) is 11.0. The van der Waals surface area contributed by atoms with Crippen LogP contribution in [0.25, 0.3) is 6.08 Å². The number of hydrogen-bond donors (Lipinski definition) is 1. The first-order valence-electron chi connectivity index (χ1n) is 6.89. The molecule has 2 aromatic rings. The van der Waals surface area contributed by atoms with Gasteiger partial charge in [-0.3, -0.25) is 4.79 Å². The van der Waals surface area contributed by atoms with E-state index in [9.17, 15) is 4.79 Å². The smallest absolute Gasteiger partial charge is 0.248 e. The highest BCUT2D eigenvalue weighted by molar-refractivity contribution is 6.42. The first-order valence-corrected chi connectivity index (χ1v) is 7.64. The molecule has 0 heterocycles. The first kappa shape index (κ1) is 16.6. The molecule has 114 valence electrons. The Balaban J connectivity index is 2.13. The molecule has 0 spiro atoms. The average molecular weight is 334 g/mol. The van der Waals surface area contributed by atoms with Crippen LogP contribution in [0.15, 0.2) is 36.4 Å². The molecule has 2 aromatic carbocycles. The van der Waals surface area contributed by atoms with Gasteiger partial charge in [0.15, 0.2) is 0 Å². The van der Waals surface area contributed by atoms with Gasteiger partial charge < -0.3 is 5.32 Å². The van der Waals surface area contributed by atoms with Crippen molar-refractivity contribution in [3.05, 3.63) is 68.7 Å². The zero-order valence-electron chi connectivity index (χ0n) is 12.7. The highest BCUT2D eigenvalue weighted by atomic mass is 35.5. The summed E-state index contributed by atoms with van der Waals surface area (Å²) in [6.07, 6.45) is 3.19. The van der Waals surface area contributed by atoms with Crippen molar-refractivity contribution in [1.29, 1.82) is 0 Å². The average Bonchev–Trinajstić information content (AvgIpc) is 2.44. The molecule has 0 unspecified atom stereocenters. The molecule has 0 saturated carbocycles. The molecule has 1 N–H and O–H groups in total. The zero-order chi connectivity index (χ0) is 16.3. The molecule has 0 aliphatic rings. The van der Waals surface area contributed by atoms with Gasteiger partial charge in [0, 0.05) is 11.8 Å². The van der Waals surface area contributed by atoms with E-state index in [1.54, 1.807) is 24.3 Å². The fourth-order valence-electron chi connectivity index (χ4n) is 2.33. The fraction of sp³-hybridized carbons (Fsp3) is 0.167. The Hall–Kier alpha value is -1.77. The van der Waals surface area contributed by atoms with E-state index in [1.165, 1.54) is 11.6 Å². The predicted molar refractivity (Wildman–Crippen MR) is 94.8 cm³/mol. The molecule has 22 heavy (non-hydrogen) atoms. The summed E-state index contributed by atoms with van der Waals surface area (Å²) in [6, 6.07) is 9.32. The number of aryl methyl sites for hydroxylation is 3. The molecule has 4 heteroatoms. The number of anilines is 1. The summed E-state index contributed by atoms with van der Waals surface area (Å²) in [6.45, 7) is 6.01. The predicted octanol–water partition coefficient (Wildman–Crippen LogP) is 5.57. The van der Waals surface area contributed by atoms with Crippen molar-refractivity contribution in [3.63, 3.8) is 0 Å². The molecule has 0 bridgehead atoms. The Labute approximate surface area is 140 Å². The second kappa shape index (κ2) is 6.99. The van der Waals surface area contributed by atoms with Gasteiger partial charge in [-0.1, -0.05) is 47.0 Å². The van der Waals surface area contributed by atoms with Crippen LogP contribution in [-0.4, -0.2) is 5.91 Å². The molecular formula is C18H17Cl2NO. The summed E-state index contributed by atoms with van der Waals surface area (Å²) in [5, 5.41) is 3.88. The molecule has 0 aliphatic carbocycles. The van der Waals surface area contributed by atoms with Gasteiger partial charge in [0.1, 0.15) is 0 Å². The van der Waals surface area contributed by atoms with Crippen LogP contribution in [-0.2, 0) is 4.79 Å². The molecule has 2 rings (SSSR count). The van der Waals surface area contributed by atoms with Crippen LogP contribution in [0.1, 0.15) is 22.3 Å².